The first kappa shape index (κ1) is 17.9. The van der Waals surface area contributed by atoms with Crippen molar-refractivity contribution in [1.82, 2.24) is 24.7 Å². The van der Waals surface area contributed by atoms with Crippen LogP contribution in [0.15, 0.2) is 12.4 Å². The van der Waals surface area contributed by atoms with Crippen LogP contribution in [0, 0.1) is 11.3 Å². The Labute approximate surface area is 152 Å². The second-order valence-electron chi connectivity index (χ2n) is 7.83. The van der Waals surface area contributed by atoms with E-state index in [0.29, 0.717) is 50.4 Å². The highest BCUT2D eigenvalue weighted by atomic mass is 19.3. The smallest absolute Gasteiger partial charge is 0.319 e. The van der Waals surface area contributed by atoms with Crippen LogP contribution in [0.5, 0.6) is 0 Å². The Morgan fingerprint density at radius 1 is 1.31 bits per heavy atom. The molecular formula is C18H27F2N5O. The molecule has 26 heavy (non-hydrogen) atoms. The van der Waals surface area contributed by atoms with Crippen molar-refractivity contribution in [2.75, 3.05) is 39.3 Å². The standard InChI is InChI=1S/C18H27F2N5O/c19-17(20)25-6-5-22-15(25)12-23-7-9-24(10-8-23)16(26)18-4-2-1-3-14(18)11-21-13-18/h5-6,14,17,21H,1-4,7-13H2/t14-,18+/m0/s1. The predicted octanol–water partition coefficient (Wildman–Crippen LogP) is 1.70. The lowest BCUT2D eigenvalue weighted by Gasteiger charge is -2.43. The molecule has 6 nitrogen and oxygen atoms in total. The molecule has 0 unspecified atom stereocenters. The molecule has 0 spiro atoms. The molecule has 1 aliphatic carbocycles. The zero-order chi connectivity index (χ0) is 18.1. The first-order chi connectivity index (χ1) is 12.6. The van der Waals surface area contributed by atoms with Crippen LogP contribution in [-0.2, 0) is 11.3 Å². The Morgan fingerprint density at radius 2 is 2.12 bits per heavy atom. The van der Waals surface area contributed by atoms with Gasteiger partial charge in [-0.2, -0.15) is 8.78 Å². The van der Waals surface area contributed by atoms with Gasteiger partial charge in [0, 0.05) is 45.1 Å². The summed E-state index contributed by atoms with van der Waals surface area (Å²) in [5.41, 5.74) is -0.202. The van der Waals surface area contributed by atoms with Crippen molar-refractivity contribution >= 4 is 5.91 Å². The van der Waals surface area contributed by atoms with E-state index in [0.717, 1.165) is 36.9 Å². The van der Waals surface area contributed by atoms with Gasteiger partial charge in [-0.15, -0.1) is 0 Å². The molecule has 1 aromatic heterocycles. The molecular weight excluding hydrogens is 340 g/mol. The van der Waals surface area contributed by atoms with Crippen molar-refractivity contribution in [2.45, 2.75) is 38.8 Å². The summed E-state index contributed by atoms with van der Waals surface area (Å²) in [6.45, 7) is 2.35. The minimum atomic E-state index is -2.56. The number of halogens is 2. The molecule has 3 aliphatic rings. The lowest BCUT2D eigenvalue weighted by molar-refractivity contribution is -0.147. The summed E-state index contributed by atoms with van der Waals surface area (Å²) in [6.07, 6.45) is 7.24. The van der Waals surface area contributed by atoms with Crippen molar-refractivity contribution in [3.05, 3.63) is 18.2 Å². The maximum absolute atomic E-state index is 13.3. The fraction of sp³-hybridized carbons (Fsp3) is 0.778. The van der Waals surface area contributed by atoms with Gasteiger partial charge in [-0.05, 0) is 25.3 Å². The van der Waals surface area contributed by atoms with Crippen LogP contribution in [0.2, 0.25) is 0 Å². The largest absolute Gasteiger partial charge is 0.340 e. The van der Waals surface area contributed by atoms with Crippen molar-refractivity contribution in [3.63, 3.8) is 0 Å². The third-order valence-corrected chi connectivity index (χ3v) is 6.45. The maximum Gasteiger partial charge on any atom is 0.319 e. The molecule has 2 atom stereocenters. The summed E-state index contributed by atoms with van der Waals surface area (Å²) in [7, 11) is 0. The number of nitrogens with one attached hydrogen (secondary N) is 1. The van der Waals surface area contributed by atoms with E-state index in [1.807, 2.05) is 4.90 Å². The molecule has 2 saturated heterocycles. The Hall–Kier alpha value is -1.54. The van der Waals surface area contributed by atoms with Crippen LogP contribution in [-0.4, -0.2) is 64.5 Å². The highest BCUT2D eigenvalue weighted by molar-refractivity contribution is 5.84. The number of alkyl halides is 2. The first-order valence-electron chi connectivity index (χ1n) is 9.62. The zero-order valence-electron chi connectivity index (χ0n) is 15.0. The third-order valence-electron chi connectivity index (χ3n) is 6.45. The monoisotopic (exact) mass is 367 g/mol. The fourth-order valence-electron chi connectivity index (χ4n) is 4.94. The quantitative estimate of drug-likeness (QED) is 0.880. The Kier molecular flexibility index (Phi) is 4.96. The second kappa shape index (κ2) is 7.23. The van der Waals surface area contributed by atoms with Crippen molar-refractivity contribution < 1.29 is 13.6 Å². The van der Waals surface area contributed by atoms with E-state index in [9.17, 15) is 13.6 Å². The van der Waals surface area contributed by atoms with Crippen LogP contribution >= 0.6 is 0 Å². The first-order valence-corrected chi connectivity index (χ1v) is 9.62. The van der Waals surface area contributed by atoms with Crippen molar-refractivity contribution in [3.8, 4) is 0 Å². The molecule has 0 bridgehead atoms. The van der Waals surface area contributed by atoms with Crippen LogP contribution in [0.3, 0.4) is 0 Å². The second-order valence-corrected chi connectivity index (χ2v) is 7.83. The number of carbonyl (C=O) groups excluding carboxylic acids is 1. The number of hydrogen-bond acceptors (Lipinski definition) is 4. The van der Waals surface area contributed by atoms with Crippen molar-refractivity contribution in [1.29, 1.82) is 0 Å². The lowest BCUT2D eigenvalue weighted by atomic mass is 9.67. The number of rotatable bonds is 4. The number of piperazine rings is 1. The van der Waals surface area contributed by atoms with E-state index < -0.39 is 6.55 Å². The fourth-order valence-corrected chi connectivity index (χ4v) is 4.94. The minimum absolute atomic E-state index is 0.202. The maximum atomic E-state index is 13.3. The molecule has 1 N–H and O–H groups in total. The van der Waals surface area contributed by atoms with Gasteiger partial charge in [-0.3, -0.25) is 14.3 Å². The number of aromatic nitrogens is 2. The minimum Gasteiger partial charge on any atom is -0.340 e. The molecule has 144 valence electrons. The van der Waals surface area contributed by atoms with E-state index in [-0.39, 0.29) is 5.41 Å². The third kappa shape index (κ3) is 3.13. The number of carbonyl (C=O) groups is 1. The van der Waals surface area contributed by atoms with E-state index >= 15 is 0 Å². The molecule has 0 radical (unpaired) electrons. The summed E-state index contributed by atoms with van der Waals surface area (Å²) < 4.78 is 26.8. The van der Waals surface area contributed by atoms with Crippen molar-refractivity contribution in [2.24, 2.45) is 11.3 Å². The average Bonchev–Trinajstić information content (AvgIpc) is 3.29. The van der Waals surface area contributed by atoms with Gasteiger partial charge in [0.15, 0.2) is 0 Å². The highest BCUT2D eigenvalue weighted by Gasteiger charge is 2.51. The number of imidazole rings is 1. The van der Waals surface area contributed by atoms with Gasteiger partial charge in [0.1, 0.15) is 5.82 Å². The zero-order valence-corrected chi connectivity index (χ0v) is 15.0. The molecule has 3 heterocycles. The van der Waals surface area contributed by atoms with E-state index in [4.69, 9.17) is 0 Å². The molecule has 1 saturated carbocycles. The lowest BCUT2D eigenvalue weighted by Crippen LogP contribution is -2.55. The Bertz CT molecular complexity index is 643. The summed E-state index contributed by atoms with van der Waals surface area (Å²) in [6, 6.07) is 0. The molecule has 4 rings (SSSR count). The summed E-state index contributed by atoms with van der Waals surface area (Å²) in [5.74, 6) is 1.16. The Morgan fingerprint density at radius 3 is 2.88 bits per heavy atom. The number of hydrogen-bond donors (Lipinski definition) is 1. The summed E-state index contributed by atoms with van der Waals surface area (Å²) in [5, 5.41) is 3.44. The molecule has 1 aromatic rings. The van der Waals surface area contributed by atoms with Gasteiger partial charge in [-0.25, -0.2) is 4.98 Å². The summed E-state index contributed by atoms with van der Waals surface area (Å²) >= 11 is 0. The SMILES string of the molecule is O=C(N1CCN(Cc2nccn2C(F)F)CC1)[C@@]12CCCC[C@H]1CNC2. The highest BCUT2D eigenvalue weighted by Crippen LogP contribution is 2.45. The van der Waals surface area contributed by atoms with Gasteiger partial charge >= 0.3 is 6.55 Å². The van der Waals surface area contributed by atoms with Gasteiger partial charge in [0.2, 0.25) is 5.91 Å². The predicted molar refractivity (Wildman–Crippen MR) is 92.6 cm³/mol. The number of nitrogens with zero attached hydrogens (tertiary/aromatic N) is 4. The van der Waals surface area contributed by atoms with Gasteiger partial charge in [0.25, 0.3) is 0 Å². The topological polar surface area (TPSA) is 53.4 Å². The molecule has 1 amide bonds. The average molecular weight is 367 g/mol. The van der Waals surface area contributed by atoms with Gasteiger partial charge in [0.05, 0.1) is 12.0 Å². The van der Waals surface area contributed by atoms with Gasteiger partial charge < -0.3 is 10.2 Å². The number of amides is 1. The van der Waals surface area contributed by atoms with Gasteiger partial charge in [-0.1, -0.05) is 12.8 Å². The molecule has 8 heteroatoms. The van der Waals surface area contributed by atoms with Crippen LogP contribution in [0.4, 0.5) is 8.78 Å². The van der Waals surface area contributed by atoms with E-state index in [1.54, 1.807) is 0 Å². The molecule has 2 aliphatic heterocycles. The van der Waals surface area contributed by atoms with Crippen LogP contribution in [0.25, 0.3) is 0 Å². The molecule has 0 aromatic carbocycles. The van der Waals surface area contributed by atoms with Crippen LogP contribution in [0.1, 0.15) is 38.1 Å². The van der Waals surface area contributed by atoms with Crippen LogP contribution < -0.4 is 5.32 Å². The summed E-state index contributed by atoms with van der Waals surface area (Å²) in [4.78, 5) is 21.4. The number of fused-ring (bicyclic) bond motifs is 1. The van der Waals surface area contributed by atoms with E-state index in [1.165, 1.54) is 18.8 Å². The molecule has 3 fully saturated rings. The normalized spacial score (nSPS) is 30.0. The Balaban J connectivity index is 1.36. The van der Waals surface area contributed by atoms with E-state index in [2.05, 4.69) is 15.2 Å².